The Morgan fingerprint density at radius 2 is 1.67 bits per heavy atom. The molecule has 1 aliphatic heterocycles. The second-order valence-corrected chi connectivity index (χ2v) is 8.09. The Kier molecular flexibility index (Phi) is 4.65. The zero-order valence-corrected chi connectivity index (χ0v) is 16.8. The molecule has 5 rings (SSSR count). The van der Waals surface area contributed by atoms with E-state index in [0.29, 0.717) is 22.1 Å². The van der Waals surface area contributed by atoms with Crippen LogP contribution in [-0.4, -0.2) is 17.6 Å². The Labute approximate surface area is 177 Å². The van der Waals surface area contributed by atoms with Gasteiger partial charge in [0.2, 0.25) is 5.91 Å². The minimum Gasteiger partial charge on any atom is -0.466 e. The predicted octanol–water partition coefficient (Wildman–Crippen LogP) is 4.63. The molecule has 1 amide bonds. The number of rotatable bonds is 5. The van der Waals surface area contributed by atoms with Crippen LogP contribution in [0.4, 0.5) is 0 Å². The molecular weight excluding hydrogens is 398 g/mol. The quantitative estimate of drug-likeness (QED) is 0.497. The number of benzene rings is 2. The summed E-state index contributed by atoms with van der Waals surface area (Å²) in [5.41, 5.74) is 0.148. The topological polar surface area (TPSA) is 71.7 Å². The van der Waals surface area contributed by atoms with E-state index in [2.05, 4.69) is 5.32 Å². The van der Waals surface area contributed by atoms with Gasteiger partial charge >= 0.3 is 0 Å². The van der Waals surface area contributed by atoms with E-state index in [1.165, 1.54) is 17.6 Å². The Bertz CT molecular complexity index is 1090. The van der Waals surface area contributed by atoms with Crippen LogP contribution in [0.15, 0.2) is 88.9 Å². The Morgan fingerprint density at radius 3 is 2.27 bits per heavy atom. The third-order valence-electron chi connectivity index (χ3n) is 5.32. The van der Waals surface area contributed by atoms with Crippen molar-refractivity contribution < 1.29 is 19.1 Å². The molecule has 2 aromatic carbocycles. The summed E-state index contributed by atoms with van der Waals surface area (Å²) in [6, 6.07) is 22.2. The lowest BCUT2D eigenvalue weighted by atomic mass is 9.87. The summed E-state index contributed by atoms with van der Waals surface area (Å²) in [6.07, 6.45) is 1.51. The number of carbonyl (C=O) groups excluding carboxylic acids is 1. The van der Waals surface area contributed by atoms with Crippen molar-refractivity contribution in [3.05, 3.63) is 106 Å². The Morgan fingerprint density at radius 1 is 0.967 bits per heavy atom. The molecule has 0 saturated heterocycles. The van der Waals surface area contributed by atoms with Crippen LogP contribution in [0, 0.1) is 0 Å². The number of thiophene rings is 1. The highest BCUT2D eigenvalue weighted by Crippen LogP contribution is 2.44. The van der Waals surface area contributed by atoms with E-state index in [0.717, 1.165) is 11.1 Å². The molecule has 0 fully saturated rings. The second-order valence-electron chi connectivity index (χ2n) is 7.14. The smallest absolute Gasteiger partial charge is 0.232 e. The number of amides is 1. The lowest BCUT2D eigenvalue weighted by Crippen LogP contribution is -2.43. The number of fused-ring (bicyclic) bond motifs is 2. The lowest BCUT2D eigenvalue weighted by Gasteiger charge is -2.29. The summed E-state index contributed by atoms with van der Waals surface area (Å²) in [7, 11) is 0. The van der Waals surface area contributed by atoms with Gasteiger partial charge in [-0.15, -0.1) is 11.3 Å². The molecule has 4 aromatic rings. The van der Waals surface area contributed by atoms with E-state index >= 15 is 0 Å². The summed E-state index contributed by atoms with van der Waals surface area (Å²) in [4.78, 5) is 14.1. The molecule has 0 saturated carbocycles. The van der Waals surface area contributed by atoms with E-state index in [-0.39, 0.29) is 12.5 Å². The van der Waals surface area contributed by atoms with Crippen LogP contribution in [0.1, 0.15) is 27.7 Å². The lowest BCUT2D eigenvalue weighted by molar-refractivity contribution is -0.122. The molecule has 2 N–H and O–H groups in total. The highest BCUT2D eigenvalue weighted by Gasteiger charge is 2.38. The third-order valence-corrected chi connectivity index (χ3v) is 6.34. The average molecular weight is 417 g/mol. The maximum absolute atomic E-state index is 13.4. The van der Waals surface area contributed by atoms with Gasteiger partial charge in [0.05, 0.1) is 18.7 Å². The van der Waals surface area contributed by atoms with Crippen LogP contribution >= 0.6 is 11.3 Å². The minimum atomic E-state index is -1.45. The maximum Gasteiger partial charge on any atom is 0.232 e. The summed E-state index contributed by atoms with van der Waals surface area (Å²) in [6.45, 7) is -0.0124. The zero-order valence-electron chi connectivity index (χ0n) is 15.9. The fourth-order valence-electron chi connectivity index (χ4n) is 3.83. The van der Waals surface area contributed by atoms with Crippen molar-refractivity contribution in [3.8, 4) is 11.5 Å². The summed E-state index contributed by atoms with van der Waals surface area (Å²) < 4.78 is 11.5. The fourth-order valence-corrected chi connectivity index (χ4v) is 4.66. The molecular formula is C24H19NO4S. The maximum atomic E-state index is 13.4. The van der Waals surface area contributed by atoms with Crippen LogP contribution in [0.3, 0.4) is 0 Å². The van der Waals surface area contributed by atoms with Gasteiger partial charge in [0.15, 0.2) is 5.60 Å². The first-order chi connectivity index (χ1) is 14.7. The van der Waals surface area contributed by atoms with Crippen molar-refractivity contribution in [3.63, 3.8) is 0 Å². The van der Waals surface area contributed by atoms with Gasteiger partial charge in [0, 0.05) is 16.0 Å². The standard InChI is InChI=1S/C24H19NO4S/c26-23(25-15-24(27,20-11-5-13-28-20)21-12-6-14-30-21)22-16-7-1-3-9-18(16)29-19-10-4-2-8-17(19)22/h1-14,22,27H,15H2,(H,25,26). The molecule has 2 aromatic heterocycles. The van der Waals surface area contributed by atoms with Crippen molar-refractivity contribution in [2.45, 2.75) is 11.5 Å². The molecule has 5 nitrogen and oxygen atoms in total. The Hall–Kier alpha value is -3.35. The van der Waals surface area contributed by atoms with Gasteiger partial charge in [-0.1, -0.05) is 42.5 Å². The van der Waals surface area contributed by atoms with Gasteiger partial charge < -0.3 is 19.6 Å². The van der Waals surface area contributed by atoms with Crippen LogP contribution in [0.25, 0.3) is 0 Å². The van der Waals surface area contributed by atoms with E-state index in [9.17, 15) is 9.90 Å². The number of hydrogen-bond donors (Lipinski definition) is 2. The third kappa shape index (κ3) is 3.10. The second kappa shape index (κ2) is 7.48. The number of nitrogens with one attached hydrogen (secondary N) is 1. The number of carbonyl (C=O) groups is 1. The molecule has 3 heterocycles. The predicted molar refractivity (Wildman–Crippen MR) is 114 cm³/mol. The largest absolute Gasteiger partial charge is 0.466 e. The van der Waals surface area contributed by atoms with Crippen LogP contribution in [-0.2, 0) is 10.4 Å². The number of hydrogen-bond acceptors (Lipinski definition) is 5. The molecule has 0 aliphatic carbocycles. The molecule has 0 spiro atoms. The van der Waals surface area contributed by atoms with Crippen LogP contribution in [0.2, 0.25) is 0 Å². The van der Waals surface area contributed by atoms with Gasteiger partial charge in [-0.25, -0.2) is 0 Å². The number of ether oxygens (including phenoxy) is 1. The zero-order chi connectivity index (χ0) is 20.6. The average Bonchev–Trinajstić information content (AvgIpc) is 3.50. The van der Waals surface area contributed by atoms with Crippen molar-refractivity contribution in [1.82, 2.24) is 5.32 Å². The van der Waals surface area contributed by atoms with E-state index in [1.807, 2.05) is 66.0 Å². The van der Waals surface area contributed by atoms with Gasteiger partial charge in [-0.2, -0.15) is 0 Å². The highest BCUT2D eigenvalue weighted by molar-refractivity contribution is 7.10. The molecule has 1 unspecified atom stereocenters. The van der Waals surface area contributed by atoms with Crippen molar-refractivity contribution in [2.24, 2.45) is 0 Å². The molecule has 30 heavy (non-hydrogen) atoms. The monoisotopic (exact) mass is 417 g/mol. The molecule has 1 aliphatic rings. The first kappa shape index (κ1) is 18.7. The molecule has 6 heteroatoms. The summed E-state index contributed by atoms with van der Waals surface area (Å²) in [5, 5.41) is 16.3. The normalized spacial score (nSPS) is 14.8. The fraction of sp³-hybridized carbons (Fsp3) is 0.125. The van der Waals surface area contributed by atoms with Gasteiger partial charge in [0.1, 0.15) is 17.3 Å². The van der Waals surface area contributed by atoms with Crippen LogP contribution in [0.5, 0.6) is 11.5 Å². The highest BCUT2D eigenvalue weighted by atomic mass is 32.1. The molecule has 0 bridgehead atoms. The SMILES string of the molecule is O=C(NCC(O)(c1ccco1)c1cccs1)C1c2ccccc2Oc2ccccc21. The van der Waals surface area contributed by atoms with Crippen LogP contribution < -0.4 is 10.1 Å². The Balaban J connectivity index is 1.47. The van der Waals surface area contributed by atoms with Crippen molar-refractivity contribution in [1.29, 1.82) is 0 Å². The summed E-state index contributed by atoms with van der Waals surface area (Å²) >= 11 is 1.41. The van der Waals surface area contributed by atoms with Crippen molar-refractivity contribution >= 4 is 17.2 Å². The number of aliphatic hydroxyl groups is 1. The molecule has 1 atom stereocenters. The van der Waals surface area contributed by atoms with E-state index < -0.39 is 11.5 Å². The number of furan rings is 1. The van der Waals surface area contributed by atoms with Gasteiger partial charge in [-0.05, 0) is 35.7 Å². The van der Waals surface area contributed by atoms with Gasteiger partial charge in [0.25, 0.3) is 0 Å². The van der Waals surface area contributed by atoms with E-state index in [1.54, 1.807) is 12.1 Å². The molecule has 0 radical (unpaired) electrons. The van der Waals surface area contributed by atoms with E-state index in [4.69, 9.17) is 9.15 Å². The number of para-hydroxylation sites is 2. The first-order valence-electron chi connectivity index (χ1n) is 9.60. The molecule has 150 valence electrons. The first-order valence-corrected chi connectivity index (χ1v) is 10.5. The van der Waals surface area contributed by atoms with Gasteiger partial charge in [-0.3, -0.25) is 4.79 Å². The van der Waals surface area contributed by atoms with Crippen molar-refractivity contribution in [2.75, 3.05) is 6.54 Å². The summed E-state index contributed by atoms with van der Waals surface area (Å²) in [5.74, 6) is 0.972. The minimum absolute atomic E-state index is 0.0124.